The van der Waals surface area contributed by atoms with Gasteiger partial charge in [0.25, 0.3) is 5.91 Å². The van der Waals surface area contributed by atoms with Gasteiger partial charge in [0.1, 0.15) is 0 Å². The average molecular weight is 445 g/mol. The van der Waals surface area contributed by atoms with Gasteiger partial charge in [0, 0.05) is 35.9 Å². The Morgan fingerprint density at radius 2 is 1.82 bits per heavy atom. The van der Waals surface area contributed by atoms with E-state index in [1.54, 1.807) is 46.5 Å². The summed E-state index contributed by atoms with van der Waals surface area (Å²) in [6.07, 6.45) is 2.85. The first-order valence-corrected chi connectivity index (χ1v) is 10.7. The van der Waals surface area contributed by atoms with E-state index in [1.807, 2.05) is 36.4 Å². The molecule has 2 aliphatic heterocycles. The summed E-state index contributed by atoms with van der Waals surface area (Å²) < 4.78 is 11.6. The van der Waals surface area contributed by atoms with Gasteiger partial charge in [-0.1, -0.05) is 24.3 Å². The van der Waals surface area contributed by atoms with Gasteiger partial charge in [0.15, 0.2) is 5.60 Å². The number of benzene rings is 2. The number of para-hydroxylation sites is 1. The fraction of sp³-hybridized carbons (Fsp3) is 0.250. The van der Waals surface area contributed by atoms with Crippen molar-refractivity contribution in [3.63, 3.8) is 0 Å². The number of carbonyl (C=O) groups is 2. The smallest absolute Gasteiger partial charge is 0.415 e. The Kier molecular flexibility index (Phi) is 5.62. The summed E-state index contributed by atoms with van der Waals surface area (Å²) in [6, 6.07) is 18.2. The van der Waals surface area contributed by atoms with E-state index >= 15 is 0 Å². The van der Waals surface area contributed by atoms with Crippen molar-refractivity contribution in [2.45, 2.75) is 5.60 Å². The third-order valence-electron chi connectivity index (χ3n) is 5.61. The van der Waals surface area contributed by atoms with Crippen LogP contribution in [0.1, 0.15) is 10.4 Å². The molecule has 2 amide bonds. The molecule has 0 aliphatic carbocycles. The molecule has 1 spiro atoms. The molecule has 5 rings (SSSR count). The van der Waals surface area contributed by atoms with Crippen LogP contribution in [0.3, 0.4) is 0 Å². The summed E-state index contributed by atoms with van der Waals surface area (Å²) in [6.45, 7) is 1.57. The van der Waals surface area contributed by atoms with Gasteiger partial charge in [-0.3, -0.25) is 9.69 Å². The molecule has 1 N–H and O–H groups in total. The second-order valence-corrected chi connectivity index (χ2v) is 8.03. The zero-order valence-electron chi connectivity index (χ0n) is 17.9. The van der Waals surface area contributed by atoms with Crippen LogP contribution in [-0.2, 0) is 9.47 Å². The minimum absolute atomic E-state index is 0.160. The van der Waals surface area contributed by atoms with Crippen molar-refractivity contribution < 1.29 is 19.1 Å². The molecule has 2 fully saturated rings. The van der Waals surface area contributed by atoms with Gasteiger partial charge in [-0.2, -0.15) is 0 Å². The van der Waals surface area contributed by atoms with E-state index in [0.717, 1.165) is 5.69 Å². The molecule has 0 bridgehead atoms. The van der Waals surface area contributed by atoms with Crippen LogP contribution in [0.25, 0.3) is 0 Å². The second-order valence-electron chi connectivity index (χ2n) is 8.03. The molecular formula is C24H23N5O4. The zero-order chi connectivity index (χ0) is 22.7. The van der Waals surface area contributed by atoms with E-state index in [-0.39, 0.29) is 19.1 Å². The maximum atomic E-state index is 13.4. The lowest BCUT2D eigenvalue weighted by Crippen LogP contribution is -2.49. The standard InChI is InChI=1S/C24H23N5O4/c30-21(18-6-4-7-19(14-18)27-22-25-10-5-11-26-22)28-12-13-32-17-24(15-28)16-29(23(31)33-24)20-8-2-1-3-9-20/h1-11,14H,12-13,15-17H2,(H,25,26,27)/t24-/m0/s1. The summed E-state index contributed by atoms with van der Waals surface area (Å²) in [5.74, 6) is 0.287. The topological polar surface area (TPSA) is 96.9 Å². The Labute approximate surface area is 191 Å². The van der Waals surface area contributed by atoms with Gasteiger partial charge < -0.3 is 19.7 Å². The zero-order valence-corrected chi connectivity index (χ0v) is 17.9. The highest BCUT2D eigenvalue weighted by molar-refractivity contribution is 5.95. The molecule has 1 atom stereocenters. The molecule has 2 aromatic carbocycles. The Morgan fingerprint density at radius 1 is 1.00 bits per heavy atom. The SMILES string of the molecule is O=C(c1cccc(Nc2ncccn2)c1)N1CCOC[C@]2(C1)CN(c1ccccc1)C(=O)O2. The number of amides is 2. The van der Waals surface area contributed by atoms with E-state index in [9.17, 15) is 9.59 Å². The molecule has 9 nitrogen and oxygen atoms in total. The molecule has 2 saturated heterocycles. The number of hydrogen-bond acceptors (Lipinski definition) is 7. The van der Waals surface area contributed by atoms with E-state index in [2.05, 4.69) is 15.3 Å². The molecule has 2 aliphatic rings. The van der Waals surface area contributed by atoms with Crippen LogP contribution in [0.5, 0.6) is 0 Å². The lowest BCUT2D eigenvalue weighted by Gasteiger charge is -2.29. The number of aromatic nitrogens is 2. The molecule has 1 aromatic heterocycles. The fourth-order valence-electron chi connectivity index (χ4n) is 4.07. The third kappa shape index (κ3) is 4.49. The van der Waals surface area contributed by atoms with Crippen molar-refractivity contribution in [2.75, 3.05) is 43.1 Å². The highest BCUT2D eigenvalue weighted by Gasteiger charge is 2.49. The van der Waals surface area contributed by atoms with Crippen molar-refractivity contribution in [3.05, 3.63) is 78.6 Å². The first-order chi connectivity index (χ1) is 16.1. The Bertz CT molecular complexity index is 1140. The molecule has 3 aromatic rings. The second kappa shape index (κ2) is 8.87. The quantitative estimate of drug-likeness (QED) is 0.659. The largest absolute Gasteiger partial charge is 0.436 e. The maximum Gasteiger partial charge on any atom is 0.415 e. The van der Waals surface area contributed by atoms with Crippen LogP contribution >= 0.6 is 0 Å². The molecule has 0 radical (unpaired) electrons. The maximum absolute atomic E-state index is 13.4. The summed E-state index contributed by atoms with van der Waals surface area (Å²) in [4.78, 5) is 37.6. The minimum atomic E-state index is -0.924. The number of hydrogen-bond donors (Lipinski definition) is 1. The number of nitrogens with one attached hydrogen (secondary N) is 1. The molecule has 0 unspecified atom stereocenters. The van der Waals surface area contributed by atoms with Gasteiger partial charge in [-0.15, -0.1) is 0 Å². The van der Waals surface area contributed by atoms with Gasteiger partial charge in [-0.05, 0) is 36.4 Å². The van der Waals surface area contributed by atoms with Crippen molar-refractivity contribution in [2.24, 2.45) is 0 Å². The van der Waals surface area contributed by atoms with E-state index in [4.69, 9.17) is 9.47 Å². The number of rotatable bonds is 4. The number of ether oxygens (including phenoxy) is 2. The van der Waals surface area contributed by atoms with Crippen molar-refractivity contribution >= 4 is 29.3 Å². The predicted octanol–water partition coefficient (Wildman–Crippen LogP) is 3.09. The lowest BCUT2D eigenvalue weighted by atomic mass is 10.0. The third-order valence-corrected chi connectivity index (χ3v) is 5.61. The van der Waals surface area contributed by atoms with Gasteiger partial charge in [-0.25, -0.2) is 14.8 Å². The molecule has 33 heavy (non-hydrogen) atoms. The van der Waals surface area contributed by atoms with Crippen molar-refractivity contribution in [1.82, 2.24) is 14.9 Å². The van der Waals surface area contributed by atoms with Crippen molar-refractivity contribution in [1.29, 1.82) is 0 Å². The van der Waals surface area contributed by atoms with Gasteiger partial charge in [0.05, 0.1) is 26.3 Å². The highest BCUT2D eigenvalue weighted by Crippen LogP contribution is 2.31. The van der Waals surface area contributed by atoms with Crippen LogP contribution in [0.2, 0.25) is 0 Å². The number of carbonyl (C=O) groups excluding carboxylic acids is 2. The normalized spacial score (nSPS) is 20.4. The molecule has 9 heteroatoms. The van der Waals surface area contributed by atoms with Crippen molar-refractivity contribution in [3.8, 4) is 0 Å². The average Bonchev–Trinajstić information content (AvgIpc) is 3.03. The summed E-state index contributed by atoms with van der Waals surface area (Å²) in [5, 5.41) is 3.10. The molecule has 168 valence electrons. The number of anilines is 3. The first kappa shape index (κ1) is 20.9. The summed E-state index contributed by atoms with van der Waals surface area (Å²) in [5.41, 5.74) is 1.04. The van der Waals surface area contributed by atoms with E-state index in [1.165, 1.54) is 0 Å². The minimum Gasteiger partial charge on any atom is -0.436 e. The van der Waals surface area contributed by atoms with E-state index in [0.29, 0.717) is 36.9 Å². The van der Waals surface area contributed by atoms with E-state index < -0.39 is 11.7 Å². The van der Waals surface area contributed by atoms with Crippen LogP contribution in [-0.4, -0.2) is 65.3 Å². The lowest BCUT2D eigenvalue weighted by molar-refractivity contribution is -0.0140. The van der Waals surface area contributed by atoms with Crippen LogP contribution in [0.4, 0.5) is 22.1 Å². The van der Waals surface area contributed by atoms with Crippen LogP contribution in [0, 0.1) is 0 Å². The summed E-state index contributed by atoms with van der Waals surface area (Å²) in [7, 11) is 0. The molecular weight excluding hydrogens is 422 g/mol. The predicted molar refractivity (Wildman–Crippen MR) is 121 cm³/mol. The van der Waals surface area contributed by atoms with Crippen LogP contribution in [0.15, 0.2) is 73.1 Å². The van der Waals surface area contributed by atoms with Gasteiger partial charge >= 0.3 is 6.09 Å². The first-order valence-electron chi connectivity index (χ1n) is 10.7. The Balaban J connectivity index is 1.34. The fourth-order valence-corrected chi connectivity index (χ4v) is 4.07. The van der Waals surface area contributed by atoms with Gasteiger partial charge in [0.2, 0.25) is 5.95 Å². The highest BCUT2D eigenvalue weighted by atomic mass is 16.6. The Hall–Kier alpha value is -3.98. The monoisotopic (exact) mass is 445 g/mol. The molecule has 0 saturated carbocycles. The number of nitrogens with zero attached hydrogens (tertiary/aromatic N) is 4. The van der Waals surface area contributed by atoms with Crippen LogP contribution < -0.4 is 10.2 Å². The summed E-state index contributed by atoms with van der Waals surface area (Å²) >= 11 is 0. The molecule has 3 heterocycles. The Morgan fingerprint density at radius 3 is 2.64 bits per heavy atom.